The first-order valence-corrected chi connectivity index (χ1v) is 8.80. The summed E-state index contributed by atoms with van der Waals surface area (Å²) in [5.74, 6) is 0.928. The summed E-state index contributed by atoms with van der Waals surface area (Å²) in [7, 11) is 0. The molecule has 6 atom stereocenters. The topological polar surface area (TPSA) is 94.5 Å². The highest BCUT2D eigenvalue weighted by atomic mass is 19.1. The average molecular weight is 326 g/mol. The summed E-state index contributed by atoms with van der Waals surface area (Å²) in [5, 5.41) is 11.4. The quantitative estimate of drug-likeness (QED) is 0.432. The predicted molar refractivity (Wildman–Crippen MR) is 83.6 cm³/mol. The van der Waals surface area contributed by atoms with Gasteiger partial charge in [-0.05, 0) is 37.6 Å². The highest BCUT2D eigenvalue weighted by molar-refractivity contribution is 5.80. The predicted octanol–water partition coefficient (Wildman–Crippen LogP) is -1.52. The lowest BCUT2D eigenvalue weighted by Crippen LogP contribution is -2.60. The second-order valence-electron chi connectivity index (χ2n) is 7.39. The van der Waals surface area contributed by atoms with Crippen LogP contribution in [0.15, 0.2) is 0 Å². The van der Waals surface area contributed by atoms with Crippen LogP contribution in [0.3, 0.4) is 0 Å². The Labute approximate surface area is 135 Å². The minimum atomic E-state index is -0.936. The average Bonchev–Trinajstić information content (AvgIpc) is 3.30. The second kappa shape index (κ2) is 6.25. The van der Waals surface area contributed by atoms with Crippen LogP contribution >= 0.6 is 0 Å². The van der Waals surface area contributed by atoms with Gasteiger partial charge in [0.05, 0.1) is 18.2 Å². The van der Waals surface area contributed by atoms with E-state index in [1.165, 1.54) is 12.8 Å². The highest BCUT2D eigenvalue weighted by Gasteiger charge is 2.48. The normalized spacial score (nSPS) is 44.8. The molecular weight excluding hydrogens is 299 g/mol. The minimum absolute atomic E-state index is 0.0262. The number of fused-ring (bicyclic) bond motifs is 1. The maximum absolute atomic E-state index is 13.5. The summed E-state index contributed by atoms with van der Waals surface area (Å²) in [4.78, 5) is 12.8. The third kappa shape index (κ3) is 3.10. The van der Waals surface area contributed by atoms with Crippen LogP contribution in [0.1, 0.15) is 19.3 Å². The van der Waals surface area contributed by atoms with Crippen molar-refractivity contribution >= 4 is 5.91 Å². The molecule has 0 bridgehead atoms. The van der Waals surface area contributed by atoms with Gasteiger partial charge in [0.25, 0.3) is 0 Å². The number of rotatable bonds is 3. The number of nitrogens with zero attached hydrogens (tertiary/aromatic N) is 1. The summed E-state index contributed by atoms with van der Waals surface area (Å²) in [6, 6.07) is 0.183. The Hall–Kier alpha value is -0.800. The van der Waals surface area contributed by atoms with Gasteiger partial charge in [-0.15, -0.1) is 0 Å². The number of halogens is 1. The fraction of sp³-hybridized carbons (Fsp3) is 0.933. The number of carbonyl (C=O) groups is 1. The molecule has 0 spiro atoms. The van der Waals surface area contributed by atoms with E-state index in [-0.39, 0.29) is 31.2 Å². The summed E-state index contributed by atoms with van der Waals surface area (Å²) in [6.07, 6.45) is 2.06. The number of nitrogens with one attached hydrogen (secondary N) is 4. The first-order chi connectivity index (χ1) is 11.1. The number of amides is 1. The lowest BCUT2D eigenvalue weighted by atomic mass is 9.87. The zero-order chi connectivity index (χ0) is 16.0. The van der Waals surface area contributed by atoms with Gasteiger partial charge in [-0.2, -0.15) is 0 Å². The van der Waals surface area contributed by atoms with Crippen LogP contribution in [0, 0.1) is 17.8 Å². The largest absolute Gasteiger partial charge is 0.351 e. The van der Waals surface area contributed by atoms with Gasteiger partial charge in [0.15, 0.2) is 0 Å². The van der Waals surface area contributed by atoms with Crippen molar-refractivity contribution in [3.8, 4) is 0 Å². The maximum Gasteiger partial charge on any atom is 0.229 e. The molecular formula is C15H27FN6O. The van der Waals surface area contributed by atoms with E-state index in [1.54, 1.807) is 5.01 Å². The maximum atomic E-state index is 13.5. The third-order valence-corrected chi connectivity index (χ3v) is 5.71. The van der Waals surface area contributed by atoms with Crippen LogP contribution in [0.5, 0.6) is 0 Å². The van der Waals surface area contributed by atoms with Crippen molar-refractivity contribution in [1.29, 1.82) is 0 Å². The Morgan fingerprint density at radius 2 is 2.09 bits per heavy atom. The first kappa shape index (κ1) is 15.7. The summed E-state index contributed by atoms with van der Waals surface area (Å²) < 4.78 is 13.5. The van der Waals surface area contributed by atoms with E-state index in [1.807, 2.05) is 0 Å². The molecule has 3 aliphatic heterocycles. The zero-order valence-electron chi connectivity index (χ0n) is 13.3. The molecule has 0 aromatic carbocycles. The lowest BCUT2D eigenvalue weighted by Gasteiger charge is -2.36. The van der Waals surface area contributed by atoms with Gasteiger partial charge in [0.2, 0.25) is 5.91 Å². The molecule has 23 heavy (non-hydrogen) atoms. The summed E-state index contributed by atoms with van der Waals surface area (Å²) in [5.41, 5.74) is 9.14. The van der Waals surface area contributed by atoms with Gasteiger partial charge in [-0.1, -0.05) is 0 Å². The van der Waals surface area contributed by atoms with Crippen LogP contribution in [-0.2, 0) is 4.79 Å². The Balaban J connectivity index is 1.41. The van der Waals surface area contributed by atoms with E-state index < -0.39 is 18.3 Å². The lowest BCUT2D eigenvalue weighted by molar-refractivity contribution is -0.128. The third-order valence-electron chi connectivity index (χ3n) is 5.71. The van der Waals surface area contributed by atoms with Crippen molar-refractivity contribution in [3.05, 3.63) is 0 Å². The smallest absolute Gasteiger partial charge is 0.229 e. The molecule has 6 unspecified atom stereocenters. The van der Waals surface area contributed by atoms with Crippen LogP contribution in [-0.4, -0.2) is 61.6 Å². The van der Waals surface area contributed by atoms with Gasteiger partial charge in [0.1, 0.15) is 6.17 Å². The van der Waals surface area contributed by atoms with Gasteiger partial charge < -0.3 is 16.4 Å². The van der Waals surface area contributed by atoms with Crippen molar-refractivity contribution in [2.24, 2.45) is 23.5 Å². The summed E-state index contributed by atoms with van der Waals surface area (Å²) >= 11 is 0. The zero-order valence-corrected chi connectivity index (χ0v) is 13.3. The molecule has 4 aliphatic rings. The number of hydrogen-bond donors (Lipinski definition) is 5. The van der Waals surface area contributed by atoms with E-state index in [0.29, 0.717) is 5.92 Å². The van der Waals surface area contributed by atoms with Crippen LogP contribution in [0.25, 0.3) is 0 Å². The van der Waals surface area contributed by atoms with Crippen molar-refractivity contribution < 1.29 is 9.18 Å². The van der Waals surface area contributed by atoms with Crippen molar-refractivity contribution in [3.63, 3.8) is 0 Å². The highest BCUT2D eigenvalue weighted by Crippen LogP contribution is 2.41. The van der Waals surface area contributed by atoms with Crippen LogP contribution in [0.2, 0.25) is 0 Å². The Bertz CT molecular complexity index is 461. The molecule has 8 heteroatoms. The molecule has 3 heterocycles. The number of nitrogens with two attached hydrogens (primary N) is 1. The van der Waals surface area contributed by atoms with Gasteiger partial charge in [-0.3, -0.25) is 10.1 Å². The van der Waals surface area contributed by atoms with E-state index in [9.17, 15) is 9.18 Å². The molecule has 0 aromatic heterocycles. The summed E-state index contributed by atoms with van der Waals surface area (Å²) in [6.45, 7) is 2.41. The Morgan fingerprint density at radius 1 is 1.26 bits per heavy atom. The molecule has 4 rings (SSSR count). The number of piperidine rings is 1. The fourth-order valence-electron chi connectivity index (χ4n) is 4.38. The molecule has 0 aromatic rings. The van der Waals surface area contributed by atoms with E-state index >= 15 is 0 Å². The molecule has 4 fully saturated rings. The monoisotopic (exact) mass is 326 g/mol. The molecule has 130 valence electrons. The molecule has 1 saturated carbocycles. The number of hydrazine groups is 1. The number of alkyl halides is 1. The molecule has 7 nitrogen and oxygen atoms in total. The van der Waals surface area contributed by atoms with Crippen molar-refractivity contribution in [1.82, 2.24) is 26.4 Å². The molecule has 0 radical (unpaired) electrons. The molecule has 1 amide bonds. The standard InChI is InChI=1S/C15H27FN6O/c16-9-5-19-14-12(13(17)21-22(14)7-9)15(23)20-11-6-18-4-3-10(11)8-1-2-8/h8-14,18-19,21H,1-7,17H2,(H,20,23). The fourth-order valence-corrected chi connectivity index (χ4v) is 4.38. The second-order valence-corrected chi connectivity index (χ2v) is 7.39. The van der Waals surface area contributed by atoms with Gasteiger partial charge >= 0.3 is 0 Å². The van der Waals surface area contributed by atoms with Crippen molar-refractivity contribution in [2.45, 2.75) is 43.8 Å². The van der Waals surface area contributed by atoms with E-state index in [2.05, 4.69) is 21.4 Å². The Kier molecular flexibility index (Phi) is 4.27. The van der Waals surface area contributed by atoms with Gasteiger partial charge in [0, 0.05) is 25.7 Å². The molecule has 1 aliphatic carbocycles. The number of hydrogen-bond acceptors (Lipinski definition) is 6. The van der Waals surface area contributed by atoms with Gasteiger partial charge in [-0.25, -0.2) is 14.8 Å². The van der Waals surface area contributed by atoms with Crippen LogP contribution in [0.4, 0.5) is 4.39 Å². The van der Waals surface area contributed by atoms with Crippen molar-refractivity contribution in [2.75, 3.05) is 26.2 Å². The van der Waals surface area contributed by atoms with E-state index in [4.69, 9.17) is 5.73 Å². The molecule has 3 saturated heterocycles. The minimum Gasteiger partial charge on any atom is -0.351 e. The van der Waals surface area contributed by atoms with Crippen LogP contribution < -0.4 is 27.1 Å². The first-order valence-electron chi connectivity index (χ1n) is 8.80. The molecule has 6 N–H and O–H groups in total. The SMILES string of the molecule is NC1NN2CC(F)CNC2C1C(=O)NC1CNCCC1C1CC1. The van der Waals surface area contributed by atoms with E-state index in [0.717, 1.165) is 25.4 Å². The number of carbonyl (C=O) groups excluding carboxylic acids is 1. The Morgan fingerprint density at radius 3 is 2.87 bits per heavy atom.